The van der Waals surface area contributed by atoms with Crippen molar-refractivity contribution in [2.24, 2.45) is 5.41 Å². The molecule has 0 saturated heterocycles. The number of carboxylic acids is 1. The van der Waals surface area contributed by atoms with Crippen LogP contribution < -0.4 is 4.74 Å². The van der Waals surface area contributed by atoms with Gasteiger partial charge in [-0.3, -0.25) is 4.79 Å². The summed E-state index contributed by atoms with van der Waals surface area (Å²) in [6.45, 7) is 3.47. The van der Waals surface area contributed by atoms with Crippen molar-refractivity contribution in [1.82, 2.24) is 0 Å². The molecule has 1 saturated carbocycles. The maximum Gasteiger partial charge on any atom is 0.309 e. The van der Waals surface area contributed by atoms with E-state index in [0.29, 0.717) is 12.5 Å². The Labute approximate surface area is 115 Å². The molecule has 1 aliphatic rings. The second-order valence-corrected chi connectivity index (χ2v) is 6.30. The topological polar surface area (TPSA) is 46.5 Å². The van der Waals surface area contributed by atoms with Gasteiger partial charge in [-0.15, -0.1) is 0 Å². The van der Waals surface area contributed by atoms with Gasteiger partial charge >= 0.3 is 5.97 Å². The molecule has 0 bridgehead atoms. The van der Waals surface area contributed by atoms with Crippen LogP contribution in [0.4, 0.5) is 0 Å². The minimum atomic E-state index is -0.781. The van der Waals surface area contributed by atoms with Crippen molar-refractivity contribution in [1.29, 1.82) is 0 Å². The molecule has 2 rings (SSSR count). The van der Waals surface area contributed by atoms with E-state index in [1.807, 2.05) is 18.2 Å². The normalized spacial score (nSPS) is 15.5. The lowest BCUT2D eigenvalue weighted by molar-refractivity contribution is -0.146. The molecule has 0 atom stereocenters. The zero-order chi connectivity index (χ0) is 13.3. The van der Waals surface area contributed by atoms with E-state index in [0.717, 1.165) is 28.6 Å². The van der Waals surface area contributed by atoms with Crippen molar-refractivity contribution < 1.29 is 14.6 Å². The minimum Gasteiger partial charge on any atom is -0.489 e. The van der Waals surface area contributed by atoms with Crippen molar-refractivity contribution in [2.75, 3.05) is 0 Å². The summed E-state index contributed by atoms with van der Waals surface area (Å²) in [5.41, 5.74) is 0.246. The first-order chi connectivity index (χ1) is 8.38. The highest BCUT2D eigenvalue weighted by atomic mass is 79.9. The van der Waals surface area contributed by atoms with E-state index in [-0.39, 0.29) is 0 Å². The van der Waals surface area contributed by atoms with E-state index in [1.54, 1.807) is 13.8 Å². The average molecular weight is 313 g/mol. The molecular formula is C14H17BrO3. The number of carbonyl (C=O) groups is 1. The van der Waals surface area contributed by atoms with E-state index >= 15 is 0 Å². The van der Waals surface area contributed by atoms with Gasteiger partial charge in [-0.25, -0.2) is 0 Å². The molecule has 1 aromatic carbocycles. The van der Waals surface area contributed by atoms with Crippen LogP contribution in [0.1, 0.15) is 32.3 Å². The molecule has 1 aliphatic carbocycles. The third kappa shape index (κ3) is 3.25. The van der Waals surface area contributed by atoms with Crippen LogP contribution in [0.3, 0.4) is 0 Å². The lowest BCUT2D eigenvalue weighted by Gasteiger charge is -2.19. The van der Waals surface area contributed by atoms with E-state index in [2.05, 4.69) is 15.9 Å². The number of carboxylic acid groups (broad SMARTS) is 1. The first-order valence-corrected chi connectivity index (χ1v) is 6.86. The van der Waals surface area contributed by atoms with Crippen LogP contribution >= 0.6 is 15.9 Å². The maximum absolute atomic E-state index is 11.1. The third-order valence-electron chi connectivity index (χ3n) is 3.04. The lowest BCUT2D eigenvalue weighted by atomic mass is 9.86. The lowest BCUT2D eigenvalue weighted by Crippen LogP contribution is -2.26. The summed E-state index contributed by atoms with van der Waals surface area (Å²) < 4.78 is 6.62. The van der Waals surface area contributed by atoms with Gasteiger partial charge in [0.05, 0.1) is 16.0 Å². The van der Waals surface area contributed by atoms with Crippen molar-refractivity contribution in [3.8, 4) is 5.75 Å². The standard InChI is InChI=1S/C14H17BrO3/c1-14(2,13(16)17)8-9-3-6-12(11(15)7-9)18-10-4-5-10/h3,6-7,10H,4-5,8H2,1-2H3,(H,16,17). The van der Waals surface area contributed by atoms with Crippen LogP contribution in [-0.4, -0.2) is 17.2 Å². The van der Waals surface area contributed by atoms with E-state index in [4.69, 9.17) is 9.84 Å². The Bertz CT molecular complexity index is 464. The van der Waals surface area contributed by atoms with E-state index < -0.39 is 11.4 Å². The minimum absolute atomic E-state index is 0.364. The number of rotatable bonds is 5. The second-order valence-electron chi connectivity index (χ2n) is 5.45. The van der Waals surface area contributed by atoms with E-state index in [9.17, 15) is 4.79 Å². The van der Waals surface area contributed by atoms with Crippen LogP contribution in [0.15, 0.2) is 22.7 Å². The second kappa shape index (κ2) is 4.92. The molecule has 1 aromatic rings. The summed E-state index contributed by atoms with van der Waals surface area (Å²) in [6.07, 6.45) is 3.12. The number of hydrogen-bond donors (Lipinski definition) is 1. The molecule has 0 aromatic heterocycles. The van der Waals surface area contributed by atoms with Gasteiger partial charge in [-0.2, -0.15) is 0 Å². The smallest absolute Gasteiger partial charge is 0.309 e. The van der Waals surface area contributed by atoms with Crippen LogP contribution in [0.5, 0.6) is 5.75 Å². The number of hydrogen-bond acceptors (Lipinski definition) is 2. The van der Waals surface area contributed by atoms with Crippen LogP contribution in [-0.2, 0) is 11.2 Å². The molecule has 1 fully saturated rings. The van der Waals surface area contributed by atoms with Gasteiger partial charge in [-0.05, 0) is 66.7 Å². The molecule has 0 heterocycles. The van der Waals surface area contributed by atoms with Gasteiger partial charge in [0.15, 0.2) is 0 Å². The number of aliphatic carboxylic acids is 1. The number of halogens is 1. The first-order valence-electron chi connectivity index (χ1n) is 6.07. The van der Waals surface area contributed by atoms with Gasteiger partial charge in [0.2, 0.25) is 0 Å². The summed E-state index contributed by atoms with van der Waals surface area (Å²) in [6, 6.07) is 5.80. The summed E-state index contributed by atoms with van der Waals surface area (Å²) >= 11 is 3.48. The fraction of sp³-hybridized carbons (Fsp3) is 0.500. The summed E-state index contributed by atoms with van der Waals surface area (Å²) in [4.78, 5) is 11.1. The maximum atomic E-state index is 11.1. The molecule has 3 nitrogen and oxygen atoms in total. The average Bonchev–Trinajstić information content (AvgIpc) is 3.05. The zero-order valence-electron chi connectivity index (χ0n) is 10.6. The summed E-state index contributed by atoms with van der Waals surface area (Å²) in [5.74, 6) is 0.0614. The van der Waals surface area contributed by atoms with Crippen molar-refractivity contribution in [3.05, 3.63) is 28.2 Å². The Morgan fingerprint density at radius 3 is 2.67 bits per heavy atom. The fourth-order valence-corrected chi connectivity index (χ4v) is 2.22. The molecule has 18 heavy (non-hydrogen) atoms. The van der Waals surface area contributed by atoms with E-state index in [1.165, 1.54) is 0 Å². The Morgan fingerprint density at radius 2 is 2.17 bits per heavy atom. The fourth-order valence-electron chi connectivity index (χ4n) is 1.70. The highest BCUT2D eigenvalue weighted by Gasteiger charge is 2.28. The summed E-state index contributed by atoms with van der Waals surface area (Å²) in [7, 11) is 0. The zero-order valence-corrected chi connectivity index (χ0v) is 12.2. The van der Waals surface area contributed by atoms with Crippen LogP contribution in [0.25, 0.3) is 0 Å². The van der Waals surface area contributed by atoms with Crippen LogP contribution in [0.2, 0.25) is 0 Å². The van der Waals surface area contributed by atoms with Gasteiger partial charge in [-0.1, -0.05) is 6.07 Å². The molecule has 0 radical (unpaired) electrons. The SMILES string of the molecule is CC(C)(Cc1ccc(OC2CC2)c(Br)c1)C(=O)O. The quantitative estimate of drug-likeness (QED) is 0.902. The molecule has 0 aliphatic heterocycles. The Morgan fingerprint density at radius 1 is 1.50 bits per heavy atom. The Balaban J connectivity index is 2.10. The largest absolute Gasteiger partial charge is 0.489 e. The van der Waals surface area contributed by atoms with Gasteiger partial charge in [0.1, 0.15) is 5.75 Å². The van der Waals surface area contributed by atoms with Crippen molar-refractivity contribution in [3.63, 3.8) is 0 Å². The van der Waals surface area contributed by atoms with Crippen LogP contribution in [0, 0.1) is 5.41 Å². The molecule has 4 heteroatoms. The molecule has 1 N–H and O–H groups in total. The van der Waals surface area contributed by atoms with Crippen molar-refractivity contribution >= 4 is 21.9 Å². The van der Waals surface area contributed by atoms with Gasteiger partial charge in [0, 0.05) is 0 Å². The van der Waals surface area contributed by atoms with Gasteiger partial charge in [0.25, 0.3) is 0 Å². The molecule has 0 spiro atoms. The number of ether oxygens (including phenoxy) is 1. The van der Waals surface area contributed by atoms with Gasteiger partial charge < -0.3 is 9.84 Å². The molecule has 98 valence electrons. The highest BCUT2D eigenvalue weighted by molar-refractivity contribution is 9.10. The molecular weight excluding hydrogens is 296 g/mol. The Kier molecular flexibility index (Phi) is 3.66. The predicted octanol–water partition coefficient (Wildman–Crippen LogP) is 3.64. The Hall–Kier alpha value is -1.03. The molecule has 0 unspecified atom stereocenters. The molecule has 0 amide bonds. The highest BCUT2D eigenvalue weighted by Crippen LogP contribution is 2.34. The summed E-state index contributed by atoms with van der Waals surface area (Å²) in [5, 5.41) is 9.12. The monoisotopic (exact) mass is 312 g/mol. The van der Waals surface area contributed by atoms with Crippen molar-refractivity contribution in [2.45, 2.75) is 39.2 Å². The third-order valence-corrected chi connectivity index (χ3v) is 3.66. The number of benzene rings is 1. The predicted molar refractivity (Wildman–Crippen MR) is 72.9 cm³/mol. The first kappa shape index (κ1) is 13.4.